The Morgan fingerprint density at radius 1 is 0.714 bits per heavy atom. The van der Waals surface area contributed by atoms with Gasteiger partial charge in [0.15, 0.2) is 0 Å². The van der Waals surface area contributed by atoms with Crippen LogP contribution in [0.3, 0.4) is 0 Å². The Labute approximate surface area is 127 Å². The van der Waals surface area contributed by atoms with Gasteiger partial charge >= 0.3 is 20.8 Å². The quantitative estimate of drug-likeness (QED) is 0.781. The van der Waals surface area contributed by atoms with Crippen molar-refractivity contribution in [3.8, 4) is 0 Å². The highest BCUT2D eigenvalue weighted by Gasteiger charge is 2.26. The molecule has 0 saturated heterocycles. The van der Waals surface area contributed by atoms with Crippen LogP contribution in [0.4, 0.5) is 0 Å². The van der Waals surface area contributed by atoms with Crippen LogP contribution in [0.1, 0.15) is 70.6 Å². The van der Waals surface area contributed by atoms with E-state index < -0.39 is 26.9 Å². The minimum absolute atomic E-state index is 0.536. The lowest BCUT2D eigenvalue weighted by Crippen LogP contribution is -2.22. The minimum atomic E-state index is -5.09. The first-order chi connectivity index (χ1) is 9.79. The summed E-state index contributed by atoms with van der Waals surface area (Å²) in [6.07, 6.45) is 9.97. The standard InChI is InChI=1S/C12H24O7S2/c13-20(14,15)19-21(16,17)18-12-10-8-6-4-2-1-3-5-7-9-11-12/h12H,1-11H2,(H,13,14,15). The van der Waals surface area contributed by atoms with E-state index in [0.717, 1.165) is 38.5 Å². The van der Waals surface area contributed by atoms with E-state index in [2.05, 4.69) is 3.63 Å². The van der Waals surface area contributed by atoms with Crippen molar-refractivity contribution in [2.75, 3.05) is 0 Å². The largest absolute Gasteiger partial charge is 0.416 e. The van der Waals surface area contributed by atoms with Gasteiger partial charge in [-0.05, 0) is 12.8 Å². The molecule has 0 heterocycles. The molecule has 1 N–H and O–H groups in total. The van der Waals surface area contributed by atoms with Crippen molar-refractivity contribution in [3.05, 3.63) is 0 Å². The lowest BCUT2D eigenvalue weighted by Gasteiger charge is -2.17. The molecule has 1 fully saturated rings. The van der Waals surface area contributed by atoms with Crippen molar-refractivity contribution in [3.63, 3.8) is 0 Å². The SMILES string of the molecule is O=S(=O)(O)OS(=O)(=O)OC1CCCCCCCCCCC1. The molecule has 0 radical (unpaired) electrons. The molecule has 1 saturated carbocycles. The first-order valence-corrected chi connectivity index (χ1v) is 10.1. The first kappa shape index (κ1) is 18.8. The van der Waals surface area contributed by atoms with Crippen molar-refractivity contribution in [2.24, 2.45) is 0 Å². The summed E-state index contributed by atoms with van der Waals surface area (Å²) in [5, 5.41) is 0. The van der Waals surface area contributed by atoms with E-state index in [1.54, 1.807) is 0 Å². The van der Waals surface area contributed by atoms with Gasteiger partial charge in [0.2, 0.25) is 0 Å². The Morgan fingerprint density at radius 2 is 1.10 bits per heavy atom. The van der Waals surface area contributed by atoms with Gasteiger partial charge in [-0.15, -0.1) is 3.63 Å². The third-order valence-electron chi connectivity index (χ3n) is 3.48. The molecular formula is C12H24O7S2. The molecular weight excluding hydrogens is 320 g/mol. The third kappa shape index (κ3) is 10.2. The van der Waals surface area contributed by atoms with Gasteiger partial charge < -0.3 is 0 Å². The zero-order chi connectivity index (χ0) is 15.8. The van der Waals surface area contributed by atoms with Crippen LogP contribution in [-0.2, 0) is 28.6 Å². The van der Waals surface area contributed by atoms with Gasteiger partial charge in [-0.1, -0.05) is 57.8 Å². The average molecular weight is 344 g/mol. The van der Waals surface area contributed by atoms with Crippen molar-refractivity contribution >= 4 is 20.8 Å². The van der Waals surface area contributed by atoms with Crippen molar-refractivity contribution in [1.29, 1.82) is 0 Å². The maximum atomic E-state index is 11.4. The van der Waals surface area contributed by atoms with Gasteiger partial charge in [-0.25, -0.2) is 4.18 Å². The molecule has 0 aromatic carbocycles. The Morgan fingerprint density at radius 3 is 1.48 bits per heavy atom. The van der Waals surface area contributed by atoms with Crippen LogP contribution in [-0.4, -0.2) is 27.5 Å². The average Bonchev–Trinajstić information content (AvgIpc) is 2.29. The topological polar surface area (TPSA) is 107 Å². The van der Waals surface area contributed by atoms with Crippen molar-refractivity contribution in [1.82, 2.24) is 0 Å². The molecule has 0 aromatic heterocycles. The number of hydrogen-bond acceptors (Lipinski definition) is 6. The highest BCUT2D eigenvalue weighted by atomic mass is 32.3. The summed E-state index contributed by atoms with van der Waals surface area (Å²) in [6, 6.07) is 0. The maximum Gasteiger partial charge on any atom is 0.416 e. The Kier molecular flexibility index (Phi) is 8.10. The predicted molar refractivity (Wildman–Crippen MR) is 77.2 cm³/mol. The smallest absolute Gasteiger partial charge is 0.263 e. The molecule has 1 aliphatic rings. The second-order valence-corrected chi connectivity index (χ2v) is 7.79. The van der Waals surface area contributed by atoms with Crippen LogP contribution in [0.5, 0.6) is 0 Å². The normalized spacial score (nSPS) is 21.4. The predicted octanol–water partition coefficient (Wildman–Crippen LogP) is 2.74. The summed E-state index contributed by atoms with van der Waals surface area (Å²) in [5.41, 5.74) is 0. The molecule has 21 heavy (non-hydrogen) atoms. The van der Waals surface area contributed by atoms with E-state index in [-0.39, 0.29) is 0 Å². The highest BCUT2D eigenvalue weighted by Crippen LogP contribution is 2.20. The summed E-state index contributed by atoms with van der Waals surface area (Å²) in [4.78, 5) is 0. The van der Waals surface area contributed by atoms with E-state index in [1.165, 1.54) is 19.3 Å². The maximum absolute atomic E-state index is 11.4. The summed E-state index contributed by atoms with van der Waals surface area (Å²) < 4.78 is 60.5. The molecule has 0 unspecified atom stereocenters. The van der Waals surface area contributed by atoms with E-state index >= 15 is 0 Å². The summed E-state index contributed by atoms with van der Waals surface area (Å²) in [6.45, 7) is 0. The molecule has 0 spiro atoms. The van der Waals surface area contributed by atoms with Gasteiger partial charge in [-0.2, -0.15) is 16.8 Å². The second kappa shape index (κ2) is 9.04. The highest BCUT2D eigenvalue weighted by molar-refractivity contribution is 7.94. The molecule has 1 aliphatic carbocycles. The molecule has 0 aliphatic heterocycles. The lowest BCUT2D eigenvalue weighted by atomic mass is 10.00. The molecule has 0 aromatic rings. The van der Waals surface area contributed by atoms with Crippen LogP contribution in [0.15, 0.2) is 0 Å². The van der Waals surface area contributed by atoms with E-state index in [9.17, 15) is 16.8 Å². The van der Waals surface area contributed by atoms with Gasteiger partial charge in [0, 0.05) is 0 Å². The van der Waals surface area contributed by atoms with E-state index in [1.807, 2.05) is 0 Å². The Balaban J connectivity index is 2.55. The zero-order valence-electron chi connectivity index (χ0n) is 12.1. The van der Waals surface area contributed by atoms with Gasteiger partial charge in [0.25, 0.3) is 0 Å². The molecule has 126 valence electrons. The molecule has 1 rings (SSSR count). The lowest BCUT2D eigenvalue weighted by molar-refractivity contribution is 0.158. The van der Waals surface area contributed by atoms with Crippen LogP contribution < -0.4 is 0 Å². The van der Waals surface area contributed by atoms with Crippen LogP contribution in [0.2, 0.25) is 0 Å². The van der Waals surface area contributed by atoms with Gasteiger partial charge in [0.1, 0.15) is 0 Å². The monoisotopic (exact) mass is 344 g/mol. The Hall–Kier alpha value is -0.220. The second-order valence-electron chi connectivity index (χ2n) is 5.38. The van der Waals surface area contributed by atoms with Crippen LogP contribution in [0, 0.1) is 0 Å². The molecule has 9 heteroatoms. The molecule has 0 bridgehead atoms. The van der Waals surface area contributed by atoms with E-state index in [0.29, 0.717) is 12.8 Å². The van der Waals surface area contributed by atoms with E-state index in [4.69, 9.17) is 8.74 Å². The number of hydrogen-bond donors (Lipinski definition) is 1. The fraction of sp³-hybridized carbons (Fsp3) is 1.00. The Bertz CT molecular complexity index is 472. The molecule has 0 amide bonds. The van der Waals surface area contributed by atoms with Crippen molar-refractivity contribution in [2.45, 2.75) is 76.7 Å². The fourth-order valence-electron chi connectivity index (χ4n) is 2.51. The third-order valence-corrected chi connectivity index (χ3v) is 5.34. The molecule has 0 atom stereocenters. The number of rotatable bonds is 4. The van der Waals surface area contributed by atoms with Gasteiger partial charge in [-0.3, -0.25) is 4.55 Å². The fourth-order valence-corrected chi connectivity index (χ4v) is 4.01. The molecule has 7 nitrogen and oxygen atoms in total. The first-order valence-electron chi connectivity index (χ1n) is 7.40. The van der Waals surface area contributed by atoms with Crippen molar-refractivity contribution < 1.29 is 29.2 Å². The van der Waals surface area contributed by atoms with Crippen LogP contribution >= 0.6 is 0 Å². The summed E-state index contributed by atoms with van der Waals surface area (Å²) >= 11 is 0. The summed E-state index contributed by atoms with van der Waals surface area (Å²) in [5.74, 6) is 0. The minimum Gasteiger partial charge on any atom is -0.263 e. The zero-order valence-corrected chi connectivity index (χ0v) is 13.7. The van der Waals surface area contributed by atoms with Crippen LogP contribution in [0.25, 0.3) is 0 Å². The summed E-state index contributed by atoms with van der Waals surface area (Å²) in [7, 11) is -9.83. The van der Waals surface area contributed by atoms with Gasteiger partial charge in [0.05, 0.1) is 6.10 Å².